The van der Waals surface area contributed by atoms with Crippen LogP contribution in [0.2, 0.25) is 0 Å². The molecule has 0 bridgehead atoms. The van der Waals surface area contributed by atoms with E-state index in [1.165, 1.54) is 9.58 Å². The monoisotopic (exact) mass is 444 g/mol. The molecule has 3 heterocycles. The predicted octanol–water partition coefficient (Wildman–Crippen LogP) is 2.89. The van der Waals surface area contributed by atoms with Crippen LogP contribution in [0, 0.1) is 12.8 Å². The number of imide groups is 1. The van der Waals surface area contributed by atoms with Crippen molar-refractivity contribution in [2.24, 2.45) is 5.92 Å². The molecule has 2 amide bonds. The minimum atomic E-state index is -0.445. The third-order valence-corrected chi connectivity index (χ3v) is 5.55. The molecule has 3 aromatic rings. The predicted molar refractivity (Wildman–Crippen MR) is 123 cm³/mol. The Balaban J connectivity index is 1.99. The molecule has 33 heavy (non-hydrogen) atoms. The van der Waals surface area contributed by atoms with E-state index < -0.39 is 17.7 Å². The van der Waals surface area contributed by atoms with Crippen LogP contribution in [0.15, 0.2) is 54.9 Å². The van der Waals surface area contributed by atoms with Crippen LogP contribution < -0.4 is 9.67 Å². The molecule has 0 spiro atoms. The molecule has 0 atom stereocenters. The number of aromatic nitrogens is 3. The summed E-state index contributed by atoms with van der Waals surface area (Å²) in [7, 11) is 0. The smallest absolute Gasteiger partial charge is 0.326 e. The van der Waals surface area contributed by atoms with Gasteiger partial charge in [-0.2, -0.15) is 9.67 Å². The van der Waals surface area contributed by atoms with Crippen molar-refractivity contribution in [1.29, 1.82) is 0 Å². The molecule has 7 nitrogen and oxygen atoms in total. The van der Waals surface area contributed by atoms with E-state index in [1.54, 1.807) is 29.1 Å². The minimum absolute atomic E-state index is 0.0925. The van der Waals surface area contributed by atoms with Crippen LogP contribution in [0.5, 0.6) is 5.88 Å². The van der Waals surface area contributed by atoms with Gasteiger partial charge in [0.1, 0.15) is 5.57 Å². The minimum Gasteiger partial charge on any atom is -0.858 e. The van der Waals surface area contributed by atoms with E-state index >= 15 is 0 Å². The average Bonchev–Trinajstić information content (AvgIpc) is 3.22. The molecule has 0 saturated carbocycles. The van der Waals surface area contributed by atoms with E-state index in [0.717, 1.165) is 12.0 Å². The maximum absolute atomic E-state index is 13.7. The number of amides is 2. The normalized spacial score (nSPS) is 14.2. The van der Waals surface area contributed by atoms with Crippen molar-refractivity contribution in [1.82, 2.24) is 14.7 Å². The van der Waals surface area contributed by atoms with E-state index in [0.29, 0.717) is 17.8 Å². The number of hydrogen-bond donors (Lipinski definition) is 0. The van der Waals surface area contributed by atoms with Gasteiger partial charge < -0.3 is 5.11 Å². The van der Waals surface area contributed by atoms with Crippen LogP contribution in [-0.2, 0) is 16.0 Å². The molecule has 0 saturated heterocycles. The molecule has 1 aromatic carbocycles. The maximum Gasteiger partial charge on any atom is 0.326 e. The molecule has 0 unspecified atom stereocenters. The quantitative estimate of drug-likeness (QED) is 0.414. The first-order valence-corrected chi connectivity index (χ1v) is 11.3. The fourth-order valence-corrected chi connectivity index (χ4v) is 4.14. The highest BCUT2D eigenvalue weighted by atomic mass is 16.3. The van der Waals surface area contributed by atoms with Gasteiger partial charge in [-0.1, -0.05) is 45.4 Å². The number of para-hydroxylation sites is 1. The Morgan fingerprint density at radius 1 is 1.06 bits per heavy atom. The zero-order valence-corrected chi connectivity index (χ0v) is 19.4. The molecule has 0 N–H and O–H groups in total. The third-order valence-electron chi connectivity index (χ3n) is 5.55. The lowest BCUT2D eigenvalue weighted by Crippen LogP contribution is -2.41. The van der Waals surface area contributed by atoms with Crippen LogP contribution >= 0.6 is 0 Å². The highest BCUT2D eigenvalue weighted by Crippen LogP contribution is 2.37. The highest BCUT2D eigenvalue weighted by molar-refractivity contribution is 6.44. The molecule has 170 valence electrons. The van der Waals surface area contributed by atoms with Crippen molar-refractivity contribution < 1.29 is 19.3 Å². The topological polar surface area (TPSA) is 82.1 Å². The van der Waals surface area contributed by atoms with Crippen LogP contribution in [0.3, 0.4) is 0 Å². The fraction of sp³-hybridized carbons (Fsp3) is 0.308. The number of nitrogens with zero attached hydrogens (tertiary/aromatic N) is 4. The molecule has 0 radical (unpaired) electrons. The Bertz CT molecular complexity index is 1240. The summed E-state index contributed by atoms with van der Waals surface area (Å²) in [4.78, 5) is 28.4. The Kier molecular flexibility index (Phi) is 6.14. The number of carbonyl (C=O) groups excluding carboxylic acids is 2. The molecule has 0 aliphatic carbocycles. The van der Waals surface area contributed by atoms with Gasteiger partial charge in [0.25, 0.3) is 11.6 Å². The van der Waals surface area contributed by atoms with Gasteiger partial charge in [-0.05, 0) is 43.3 Å². The Labute approximate surface area is 193 Å². The summed E-state index contributed by atoms with van der Waals surface area (Å²) in [6, 6.07) is 12.9. The summed E-state index contributed by atoms with van der Waals surface area (Å²) in [6.07, 6.45) is 4.80. The molecule has 4 rings (SSSR count). The van der Waals surface area contributed by atoms with Gasteiger partial charge in [-0.25, -0.2) is 4.68 Å². The Morgan fingerprint density at radius 3 is 2.42 bits per heavy atom. The second-order valence-electron chi connectivity index (χ2n) is 8.75. The van der Waals surface area contributed by atoms with Crippen molar-refractivity contribution in [3.05, 3.63) is 71.7 Å². The van der Waals surface area contributed by atoms with Crippen molar-refractivity contribution in [3.63, 3.8) is 0 Å². The summed E-state index contributed by atoms with van der Waals surface area (Å²) >= 11 is 0. The lowest BCUT2D eigenvalue weighted by molar-refractivity contribution is -0.577. The zero-order valence-electron chi connectivity index (χ0n) is 19.4. The van der Waals surface area contributed by atoms with Crippen LogP contribution in [0.4, 0.5) is 0 Å². The van der Waals surface area contributed by atoms with E-state index in [-0.39, 0.29) is 29.3 Å². The lowest BCUT2D eigenvalue weighted by Gasteiger charge is -2.17. The van der Waals surface area contributed by atoms with Gasteiger partial charge in [-0.3, -0.25) is 14.5 Å². The number of benzene rings is 1. The van der Waals surface area contributed by atoms with Crippen molar-refractivity contribution >= 4 is 23.1 Å². The lowest BCUT2D eigenvalue weighted by atomic mass is 10.0. The third kappa shape index (κ3) is 4.06. The van der Waals surface area contributed by atoms with E-state index in [2.05, 4.69) is 5.10 Å². The Morgan fingerprint density at radius 2 is 1.79 bits per heavy atom. The SMILES string of the molecule is CCCc1nn(-c2ccccc2)c([O-])c1C1=C([n+]2cccc(C)c2)C(=O)N(CC(C)C)C1=O. The van der Waals surface area contributed by atoms with Crippen LogP contribution in [0.25, 0.3) is 17.0 Å². The number of aryl methyl sites for hydroxylation is 2. The Hall–Kier alpha value is -3.74. The first-order valence-electron chi connectivity index (χ1n) is 11.3. The van der Waals surface area contributed by atoms with Gasteiger partial charge in [0.15, 0.2) is 12.4 Å². The molecular weight excluding hydrogens is 416 g/mol. The second kappa shape index (κ2) is 9.02. The van der Waals surface area contributed by atoms with Crippen molar-refractivity contribution in [3.8, 4) is 11.6 Å². The standard InChI is InChI=1S/C26H28N4O3/c1-5-10-20-21(25(32)30(27-20)19-12-7-6-8-13-19)22-23(28-14-9-11-18(4)16-28)26(33)29(24(22)31)15-17(2)3/h6-9,11-14,16-17H,5,10,15H2,1-4H3. The maximum atomic E-state index is 13.7. The van der Waals surface area contributed by atoms with Crippen molar-refractivity contribution in [2.75, 3.05) is 6.54 Å². The van der Waals surface area contributed by atoms with Crippen molar-refractivity contribution in [2.45, 2.75) is 40.5 Å². The molecular formula is C26H28N4O3. The summed E-state index contributed by atoms with van der Waals surface area (Å²) in [6.45, 7) is 8.09. The first-order chi connectivity index (χ1) is 15.8. The van der Waals surface area contributed by atoms with E-state index in [4.69, 9.17) is 0 Å². The van der Waals surface area contributed by atoms with Crippen LogP contribution in [0.1, 0.15) is 44.0 Å². The first kappa shape index (κ1) is 22.5. The van der Waals surface area contributed by atoms with Gasteiger partial charge in [-0.15, -0.1) is 0 Å². The fourth-order valence-electron chi connectivity index (χ4n) is 4.14. The summed E-state index contributed by atoms with van der Waals surface area (Å²) < 4.78 is 2.98. The summed E-state index contributed by atoms with van der Waals surface area (Å²) in [5.74, 6) is -1.14. The molecule has 7 heteroatoms. The second-order valence-corrected chi connectivity index (χ2v) is 8.75. The van der Waals surface area contributed by atoms with Gasteiger partial charge in [0.2, 0.25) is 0 Å². The summed E-state index contributed by atoms with van der Waals surface area (Å²) in [5, 5.41) is 18.2. The average molecular weight is 445 g/mol. The number of hydrogen-bond acceptors (Lipinski definition) is 4. The summed E-state index contributed by atoms with van der Waals surface area (Å²) in [5.41, 5.74) is 2.63. The van der Waals surface area contributed by atoms with Gasteiger partial charge in [0.05, 0.1) is 11.4 Å². The molecule has 1 aliphatic heterocycles. The highest BCUT2D eigenvalue weighted by Gasteiger charge is 2.46. The van der Waals surface area contributed by atoms with Gasteiger partial charge >= 0.3 is 5.91 Å². The molecule has 2 aromatic heterocycles. The van der Waals surface area contributed by atoms with E-state index in [1.807, 2.05) is 58.0 Å². The van der Waals surface area contributed by atoms with Gasteiger partial charge in [0, 0.05) is 23.7 Å². The van der Waals surface area contributed by atoms with E-state index in [9.17, 15) is 14.7 Å². The number of rotatable bonds is 7. The number of pyridine rings is 1. The van der Waals surface area contributed by atoms with Crippen LogP contribution in [-0.4, -0.2) is 33.0 Å². The largest absolute Gasteiger partial charge is 0.858 e. The molecule has 0 fully saturated rings. The zero-order chi connectivity index (χ0) is 23.7. The number of carbonyl (C=O) groups is 2. The molecule has 1 aliphatic rings.